The van der Waals surface area contributed by atoms with E-state index in [1.165, 1.54) is 0 Å². The number of benzene rings is 1. The van der Waals surface area contributed by atoms with Crippen LogP contribution in [-0.2, 0) is 9.53 Å². The van der Waals surface area contributed by atoms with Crippen molar-refractivity contribution in [2.45, 2.75) is 13.3 Å². The van der Waals surface area contributed by atoms with Gasteiger partial charge in [0.25, 0.3) is 6.47 Å². The molecule has 0 aromatic heterocycles. The molecule has 0 atom stereocenters. The number of hydrogen-bond donors (Lipinski definition) is 1. The van der Waals surface area contributed by atoms with Crippen LogP contribution in [0.3, 0.4) is 0 Å². The van der Waals surface area contributed by atoms with Gasteiger partial charge >= 0.3 is 29.6 Å². The van der Waals surface area contributed by atoms with Crippen LogP contribution < -0.4 is 29.6 Å². The molecular formula is C10H15NaO3. The van der Waals surface area contributed by atoms with Gasteiger partial charge in [-0.25, -0.2) is 0 Å². The van der Waals surface area contributed by atoms with Gasteiger partial charge in [-0.15, -0.1) is 0 Å². The summed E-state index contributed by atoms with van der Waals surface area (Å²) in [6, 6.07) is 8.71. The maximum atomic E-state index is 9.34. The van der Waals surface area contributed by atoms with Crippen LogP contribution in [0.15, 0.2) is 30.3 Å². The number of hydrogen-bond acceptors (Lipinski definition) is 3. The number of carbonyl (C=O) groups excluding carboxylic acids is 1. The van der Waals surface area contributed by atoms with Gasteiger partial charge in [0.05, 0.1) is 6.61 Å². The van der Waals surface area contributed by atoms with E-state index >= 15 is 0 Å². The van der Waals surface area contributed by atoms with E-state index in [4.69, 9.17) is 5.11 Å². The second-order valence-electron chi connectivity index (χ2n) is 2.30. The number of aromatic hydroxyl groups is 1. The summed E-state index contributed by atoms with van der Waals surface area (Å²) in [5, 5.41) is 8.63. The van der Waals surface area contributed by atoms with E-state index in [9.17, 15) is 4.79 Å². The fourth-order valence-electron chi connectivity index (χ4n) is 0.594. The topological polar surface area (TPSA) is 46.5 Å². The molecule has 0 saturated heterocycles. The Kier molecular flexibility index (Phi) is 14.2. The Bertz CT molecular complexity index is 219. The van der Waals surface area contributed by atoms with E-state index in [0.29, 0.717) is 18.8 Å². The number of phenolic OH excluding ortho intramolecular Hbond substituents is 1. The van der Waals surface area contributed by atoms with Crippen LogP contribution in [0.2, 0.25) is 0 Å². The Morgan fingerprint density at radius 3 is 2.21 bits per heavy atom. The molecular weight excluding hydrogens is 191 g/mol. The maximum Gasteiger partial charge on any atom is 1.00 e. The quantitative estimate of drug-likeness (QED) is 0.395. The first-order chi connectivity index (χ1) is 6.31. The minimum Gasteiger partial charge on any atom is -1.00 e. The molecule has 0 bridgehead atoms. The molecule has 3 nitrogen and oxygen atoms in total. The van der Waals surface area contributed by atoms with Crippen molar-refractivity contribution in [2.24, 2.45) is 0 Å². The van der Waals surface area contributed by atoms with Crippen LogP contribution in [0, 0.1) is 0 Å². The molecule has 4 heteroatoms. The summed E-state index contributed by atoms with van der Waals surface area (Å²) < 4.78 is 4.30. The molecule has 0 unspecified atom stereocenters. The Hall–Kier alpha value is -0.510. The molecule has 0 aliphatic heterocycles. The van der Waals surface area contributed by atoms with E-state index in [-0.39, 0.29) is 31.0 Å². The summed E-state index contributed by atoms with van der Waals surface area (Å²) in [6.07, 6.45) is 0.902. The van der Waals surface area contributed by atoms with Crippen LogP contribution in [0.1, 0.15) is 14.8 Å². The third kappa shape index (κ3) is 11.5. The molecule has 1 rings (SSSR count). The number of carbonyl (C=O) groups is 1. The van der Waals surface area contributed by atoms with Crippen molar-refractivity contribution in [1.29, 1.82) is 0 Å². The fourth-order valence-corrected chi connectivity index (χ4v) is 0.594. The van der Waals surface area contributed by atoms with Gasteiger partial charge in [-0.1, -0.05) is 25.1 Å². The Labute approximate surface area is 108 Å². The predicted molar refractivity (Wildman–Crippen MR) is 51.5 cm³/mol. The molecule has 14 heavy (non-hydrogen) atoms. The van der Waals surface area contributed by atoms with Gasteiger partial charge < -0.3 is 11.3 Å². The van der Waals surface area contributed by atoms with Crippen LogP contribution in [0.4, 0.5) is 0 Å². The van der Waals surface area contributed by atoms with Crippen molar-refractivity contribution in [2.75, 3.05) is 6.61 Å². The van der Waals surface area contributed by atoms with Crippen molar-refractivity contribution < 1.29 is 45.6 Å². The predicted octanol–water partition coefficient (Wildman–Crippen LogP) is -0.922. The number of ether oxygens (including phenoxy) is 1. The molecule has 1 aromatic rings. The summed E-state index contributed by atoms with van der Waals surface area (Å²) in [4.78, 5) is 9.34. The van der Waals surface area contributed by atoms with Gasteiger partial charge in [-0.2, -0.15) is 0 Å². The molecule has 0 aliphatic carbocycles. The second kappa shape index (κ2) is 12.5. The van der Waals surface area contributed by atoms with E-state index in [1.807, 2.05) is 13.0 Å². The average molecular weight is 206 g/mol. The normalized spacial score (nSPS) is 7.50. The number of phenols is 1. The minimum atomic E-state index is 0. The molecule has 0 aliphatic rings. The Balaban J connectivity index is -0.000000172. The Morgan fingerprint density at radius 2 is 2.00 bits per heavy atom. The van der Waals surface area contributed by atoms with Crippen LogP contribution in [0.25, 0.3) is 0 Å². The summed E-state index contributed by atoms with van der Waals surface area (Å²) in [6.45, 7) is 2.95. The third-order valence-electron chi connectivity index (χ3n) is 1.15. The second-order valence-corrected chi connectivity index (χ2v) is 2.30. The van der Waals surface area contributed by atoms with E-state index in [0.717, 1.165) is 6.42 Å². The number of para-hydroxylation sites is 1. The zero-order valence-corrected chi connectivity index (χ0v) is 10.6. The average Bonchev–Trinajstić information content (AvgIpc) is 2.17. The largest absolute Gasteiger partial charge is 1.00 e. The Morgan fingerprint density at radius 1 is 1.43 bits per heavy atom. The van der Waals surface area contributed by atoms with Crippen LogP contribution >= 0.6 is 0 Å². The maximum absolute atomic E-state index is 9.34. The summed E-state index contributed by atoms with van der Waals surface area (Å²) in [7, 11) is 0. The first-order valence-corrected chi connectivity index (χ1v) is 4.10. The SMILES string of the molecule is CCCOC=O.Oc1ccccc1.[H-].[Na+]. The molecule has 1 N–H and O–H groups in total. The molecule has 74 valence electrons. The van der Waals surface area contributed by atoms with Crippen molar-refractivity contribution >= 4 is 6.47 Å². The summed E-state index contributed by atoms with van der Waals surface area (Å²) >= 11 is 0. The smallest absolute Gasteiger partial charge is 1.00 e. The third-order valence-corrected chi connectivity index (χ3v) is 1.15. The van der Waals surface area contributed by atoms with Crippen molar-refractivity contribution in [3.8, 4) is 5.75 Å². The van der Waals surface area contributed by atoms with E-state index in [1.54, 1.807) is 24.3 Å². The van der Waals surface area contributed by atoms with Crippen LogP contribution in [-0.4, -0.2) is 18.2 Å². The van der Waals surface area contributed by atoms with Crippen molar-refractivity contribution in [1.82, 2.24) is 0 Å². The van der Waals surface area contributed by atoms with Gasteiger partial charge in [0.2, 0.25) is 0 Å². The summed E-state index contributed by atoms with van der Waals surface area (Å²) in [5.74, 6) is 0.322. The monoisotopic (exact) mass is 206 g/mol. The standard InChI is InChI=1S/C6H6O.C4H8O2.Na.H/c7-6-4-2-1-3-5-6;1-2-3-6-4-5;;/h1-5,7H;4H,2-3H2,1H3;;/q;;+1;-1. The summed E-state index contributed by atoms with van der Waals surface area (Å²) in [5.41, 5.74) is 0. The first-order valence-electron chi connectivity index (χ1n) is 4.10. The van der Waals surface area contributed by atoms with E-state index < -0.39 is 0 Å². The van der Waals surface area contributed by atoms with Crippen LogP contribution in [0.5, 0.6) is 5.75 Å². The van der Waals surface area contributed by atoms with Gasteiger partial charge in [-0.3, -0.25) is 4.79 Å². The van der Waals surface area contributed by atoms with Gasteiger partial charge in [0.1, 0.15) is 5.75 Å². The van der Waals surface area contributed by atoms with Gasteiger partial charge in [-0.05, 0) is 18.6 Å². The molecule has 0 heterocycles. The zero-order chi connectivity index (χ0) is 9.94. The number of rotatable bonds is 3. The van der Waals surface area contributed by atoms with Gasteiger partial charge in [0, 0.05) is 0 Å². The minimum absolute atomic E-state index is 0. The van der Waals surface area contributed by atoms with E-state index in [2.05, 4.69) is 4.74 Å². The molecule has 0 saturated carbocycles. The molecule has 0 radical (unpaired) electrons. The van der Waals surface area contributed by atoms with Gasteiger partial charge in [0.15, 0.2) is 0 Å². The fraction of sp³-hybridized carbons (Fsp3) is 0.300. The zero-order valence-electron chi connectivity index (χ0n) is 9.64. The first kappa shape index (κ1) is 15.9. The molecule has 0 spiro atoms. The van der Waals surface area contributed by atoms with Crippen molar-refractivity contribution in [3.05, 3.63) is 30.3 Å². The molecule has 0 fully saturated rings. The molecule has 0 amide bonds. The van der Waals surface area contributed by atoms with Crippen molar-refractivity contribution in [3.63, 3.8) is 0 Å². The molecule has 1 aromatic carbocycles.